The Kier molecular flexibility index (Phi) is 4.09. The van der Waals surface area contributed by atoms with Crippen molar-refractivity contribution in [3.05, 3.63) is 27.3 Å². The third kappa shape index (κ3) is 2.20. The van der Waals surface area contributed by atoms with E-state index in [1.807, 2.05) is 0 Å². The van der Waals surface area contributed by atoms with Gasteiger partial charge in [-0.1, -0.05) is 0 Å². The maximum Gasteiger partial charge on any atom is 0.345 e. The summed E-state index contributed by atoms with van der Waals surface area (Å²) in [6.07, 6.45) is 0. The van der Waals surface area contributed by atoms with Crippen LogP contribution >= 0.6 is 0 Å². The minimum absolute atomic E-state index is 0.0141. The van der Waals surface area contributed by atoms with Crippen LogP contribution in [0.15, 0.2) is 6.07 Å². The highest BCUT2D eigenvalue weighted by Crippen LogP contribution is 2.40. The Labute approximate surface area is 103 Å². The molecule has 0 saturated heterocycles. The molecule has 0 aliphatic heterocycles. The summed E-state index contributed by atoms with van der Waals surface area (Å²) in [6.45, 7) is 1.60. The predicted octanol–water partition coefficient (Wildman–Crippen LogP) is 1.71. The summed E-state index contributed by atoms with van der Waals surface area (Å²) in [5, 5.41) is 11.1. The molecule has 0 spiro atoms. The van der Waals surface area contributed by atoms with E-state index in [1.165, 1.54) is 20.3 Å². The summed E-state index contributed by atoms with van der Waals surface area (Å²) in [4.78, 5) is 21.9. The van der Waals surface area contributed by atoms with Crippen molar-refractivity contribution < 1.29 is 23.9 Å². The monoisotopic (exact) mass is 255 g/mol. The van der Waals surface area contributed by atoms with Gasteiger partial charge in [-0.15, -0.1) is 0 Å². The molecule has 0 heterocycles. The number of hydrogen-bond acceptors (Lipinski definition) is 6. The van der Waals surface area contributed by atoms with Crippen molar-refractivity contribution >= 4 is 11.7 Å². The molecule has 1 rings (SSSR count). The van der Waals surface area contributed by atoms with Crippen LogP contribution in [0.2, 0.25) is 0 Å². The molecule has 0 amide bonds. The molecule has 7 heteroatoms. The topological polar surface area (TPSA) is 87.9 Å². The van der Waals surface area contributed by atoms with Crippen molar-refractivity contribution in [1.82, 2.24) is 0 Å². The highest BCUT2D eigenvalue weighted by molar-refractivity contribution is 5.96. The largest absolute Gasteiger partial charge is 0.496 e. The lowest BCUT2D eigenvalue weighted by atomic mass is 10.1. The molecule has 0 aliphatic carbocycles. The van der Waals surface area contributed by atoms with Crippen LogP contribution in [0, 0.1) is 17.0 Å². The van der Waals surface area contributed by atoms with E-state index in [4.69, 9.17) is 9.47 Å². The number of esters is 1. The first kappa shape index (κ1) is 13.8. The molecule has 1 aromatic carbocycles. The molecule has 0 saturated carbocycles. The summed E-state index contributed by atoms with van der Waals surface area (Å²) in [7, 11) is 3.83. The van der Waals surface area contributed by atoms with Crippen LogP contribution in [0.3, 0.4) is 0 Å². The van der Waals surface area contributed by atoms with Gasteiger partial charge in [0.05, 0.1) is 26.3 Å². The van der Waals surface area contributed by atoms with E-state index < -0.39 is 16.6 Å². The minimum Gasteiger partial charge on any atom is -0.496 e. The van der Waals surface area contributed by atoms with Crippen LogP contribution in [-0.2, 0) is 4.74 Å². The quantitative estimate of drug-likeness (QED) is 0.462. The smallest absolute Gasteiger partial charge is 0.345 e. The molecular weight excluding hydrogens is 242 g/mol. The normalized spacial score (nSPS) is 9.78. The number of carbonyl (C=O) groups excluding carboxylic acids is 1. The average Bonchev–Trinajstić information content (AvgIpc) is 2.36. The number of ether oxygens (including phenoxy) is 3. The summed E-state index contributed by atoms with van der Waals surface area (Å²) in [5.41, 5.74) is -0.191. The molecule has 18 heavy (non-hydrogen) atoms. The minimum atomic E-state index is -0.821. The van der Waals surface area contributed by atoms with Crippen LogP contribution in [0.5, 0.6) is 11.5 Å². The van der Waals surface area contributed by atoms with Gasteiger partial charge in [0.2, 0.25) is 5.75 Å². The van der Waals surface area contributed by atoms with Crippen LogP contribution in [0.4, 0.5) is 5.69 Å². The second-order valence-corrected chi connectivity index (χ2v) is 3.38. The SMILES string of the molecule is COC(=O)c1cc(OC)c(C)c(OC)c1[N+](=O)[O-]. The van der Waals surface area contributed by atoms with Crippen molar-refractivity contribution in [2.45, 2.75) is 6.92 Å². The lowest BCUT2D eigenvalue weighted by Crippen LogP contribution is -2.09. The van der Waals surface area contributed by atoms with E-state index in [1.54, 1.807) is 6.92 Å². The second-order valence-electron chi connectivity index (χ2n) is 3.38. The van der Waals surface area contributed by atoms with E-state index in [0.29, 0.717) is 11.3 Å². The highest BCUT2D eigenvalue weighted by Gasteiger charge is 2.30. The van der Waals surface area contributed by atoms with Gasteiger partial charge in [-0.2, -0.15) is 0 Å². The number of hydrogen-bond donors (Lipinski definition) is 0. The number of benzene rings is 1. The number of nitro groups is 1. The fourth-order valence-electron chi connectivity index (χ4n) is 1.63. The Morgan fingerprint density at radius 2 is 1.89 bits per heavy atom. The van der Waals surface area contributed by atoms with Gasteiger partial charge >= 0.3 is 11.7 Å². The molecular formula is C11H13NO6. The van der Waals surface area contributed by atoms with E-state index in [9.17, 15) is 14.9 Å². The molecule has 0 aromatic heterocycles. The Bertz CT molecular complexity index is 497. The lowest BCUT2D eigenvalue weighted by molar-refractivity contribution is -0.386. The summed E-state index contributed by atoms with van der Waals surface area (Å²) < 4.78 is 14.5. The van der Waals surface area contributed by atoms with Gasteiger partial charge in [0.25, 0.3) is 0 Å². The Hall–Kier alpha value is -2.31. The van der Waals surface area contributed by atoms with Gasteiger partial charge in [-0.05, 0) is 6.92 Å². The first-order valence-corrected chi connectivity index (χ1v) is 4.96. The number of rotatable bonds is 4. The fourth-order valence-corrected chi connectivity index (χ4v) is 1.63. The van der Waals surface area contributed by atoms with Gasteiger partial charge < -0.3 is 14.2 Å². The Morgan fingerprint density at radius 3 is 2.28 bits per heavy atom. The molecule has 0 fully saturated rings. The first-order valence-electron chi connectivity index (χ1n) is 4.96. The summed E-state index contributed by atoms with van der Waals surface area (Å²) in [5.74, 6) is -0.518. The van der Waals surface area contributed by atoms with Gasteiger partial charge in [0, 0.05) is 11.6 Å². The van der Waals surface area contributed by atoms with E-state index in [2.05, 4.69) is 4.74 Å². The van der Waals surface area contributed by atoms with Gasteiger partial charge in [-0.25, -0.2) is 4.79 Å². The molecule has 7 nitrogen and oxygen atoms in total. The molecule has 98 valence electrons. The number of nitrogens with zero attached hydrogens (tertiary/aromatic N) is 1. The standard InChI is InChI=1S/C11H13NO6/c1-6-8(16-2)5-7(11(13)18-4)9(12(14)15)10(6)17-3/h5H,1-4H3. The summed E-state index contributed by atoms with van der Waals surface area (Å²) >= 11 is 0. The average molecular weight is 255 g/mol. The number of nitro benzene ring substituents is 1. The first-order chi connectivity index (χ1) is 8.47. The molecule has 0 radical (unpaired) electrons. The van der Waals surface area contributed by atoms with Crippen molar-refractivity contribution in [3.8, 4) is 11.5 Å². The number of carbonyl (C=O) groups is 1. The number of methoxy groups -OCH3 is 3. The Balaban J connectivity index is 3.67. The van der Waals surface area contributed by atoms with Crippen LogP contribution in [-0.4, -0.2) is 32.2 Å². The zero-order chi connectivity index (χ0) is 13.9. The Morgan fingerprint density at radius 1 is 1.28 bits per heavy atom. The van der Waals surface area contributed by atoms with Crippen molar-refractivity contribution in [2.24, 2.45) is 0 Å². The highest BCUT2D eigenvalue weighted by atomic mass is 16.6. The van der Waals surface area contributed by atoms with Gasteiger partial charge in [0.1, 0.15) is 11.3 Å². The fraction of sp³-hybridized carbons (Fsp3) is 0.364. The van der Waals surface area contributed by atoms with E-state index in [-0.39, 0.29) is 11.3 Å². The molecule has 1 aromatic rings. The van der Waals surface area contributed by atoms with Crippen LogP contribution in [0.1, 0.15) is 15.9 Å². The van der Waals surface area contributed by atoms with Crippen molar-refractivity contribution in [3.63, 3.8) is 0 Å². The lowest BCUT2D eigenvalue weighted by Gasteiger charge is -2.12. The van der Waals surface area contributed by atoms with Crippen molar-refractivity contribution in [1.29, 1.82) is 0 Å². The predicted molar refractivity (Wildman–Crippen MR) is 62.3 cm³/mol. The maximum atomic E-state index is 11.5. The van der Waals surface area contributed by atoms with Crippen LogP contribution < -0.4 is 9.47 Å². The maximum absolute atomic E-state index is 11.5. The van der Waals surface area contributed by atoms with Crippen molar-refractivity contribution in [2.75, 3.05) is 21.3 Å². The third-order valence-corrected chi connectivity index (χ3v) is 2.47. The zero-order valence-electron chi connectivity index (χ0n) is 10.5. The second kappa shape index (κ2) is 5.35. The molecule has 0 atom stereocenters. The van der Waals surface area contributed by atoms with E-state index >= 15 is 0 Å². The van der Waals surface area contributed by atoms with E-state index in [0.717, 1.165) is 7.11 Å². The molecule has 0 unspecified atom stereocenters. The molecule has 0 bridgehead atoms. The third-order valence-electron chi connectivity index (χ3n) is 2.47. The van der Waals surface area contributed by atoms with Gasteiger partial charge in [0.15, 0.2) is 0 Å². The van der Waals surface area contributed by atoms with Crippen LogP contribution in [0.25, 0.3) is 0 Å². The molecule has 0 N–H and O–H groups in total. The zero-order valence-corrected chi connectivity index (χ0v) is 10.5. The summed E-state index contributed by atoms with van der Waals surface area (Å²) in [6, 6.07) is 1.27. The van der Waals surface area contributed by atoms with Gasteiger partial charge in [-0.3, -0.25) is 10.1 Å². The molecule has 0 aliphatic rings.